The molecule has 0 aromatic heterocycles. The van der Waals surface area contributed by atoms with Gasteiger partial charge < -0.3 is 15.5 Å². The summed E-state index contributed by atoms with van der Waals surface area (Å²) in [5.41, 5.74) is 6.61. The predicted molar refractivity (Wildman–Crippen MR) is 65.5 cm³/mol. The first-order valence-electron chi connectivity index (χ1n) is 5.78. The Morgan fingerprint density at radius 1 is 1.29 bits per heavy atom. The lowest BCUT2D eigenvalue weighted by Crippen LogP contribution is -2.30. The number of rotatable bonds is 2. The van der Waals surface area contributed by atoms with Gasteiger partial charge in [0.05, 0.1) is 11.4 Å². The Kier molecular flexibility index (Phi) is 3.47. The number of hydrogen-bond donors (Lipinski definition) is 1. The average Bonchev–Trinajstić information content (AvgIpc) is 2.40. The Bertz CT molecular complexity index is 409. The Morgan fingerprint density at radius 3 is 2.76 bits per heavy atom. The van der Waals surface area contributed by atoms with Gasteiger partial charge in [-0.15, -0.1) is 0 Å². The van der Waals surface area contributed by atoms with Crippen LogP contribution >= 0.6 is 0 Å². The summed E-state index contributed by atoms with van der Waals surface area (Å²) in [5, 5.41) is 0. The van der Waals surface area contributed by atoms with E-state index in [0.29, 0.717) is 24.5 Å². The minimum absolute atomic E-state index is 0.470. The molecule has 5 heteroatoms. The first-order chi connectivity index (χ1) is 8.13. The van der Waals surface area contributed by atoms with E-state index in [0.717, 1.165) is 25.6 Å². The number of benzene rings is 1. The molecular formula is C12H17F2N3. The van der Waals surface area contributed by atoms with Crippen molar-refractivity contribution in [3.05, 3.63) is 23.8 Å². The summed E-state index contributed by atoms with van der Waals surface area (Å²) < 4.78 is 27.1. The molecule has 0 aliphatic carbocycles. The van der Waals surface area contributed by atoms with Gasteiger partial charge in [0, 0.05) is 39.3 Å². The largest absolute Gasteiger partial charge is 0.370 e. The number of fused-ring (bicyclic) bond motifs is 1. The molecule has 1 aromatic carbocycles. The van der Waals surface area contributed by atoms with E-state index in [1.807, 2.05) is 16.8 Å². The van der Waals surface area contributed by atoms with Crippen molar-refractivity contribution in [2.75, 3.05) is 43.0 Å². The van der Waals surface area contributed by atoms with Gasteiger partial charge in [0.2, 0.25) is 0 Å². The molecule has 0 saturated carbocycles. The molecule has 3 nitrogen and oxygen atoms in total. The maximum atomic E-state index is 13.8. The van der Waals surface area contributed by atoms with Gasteiger partial charge in [-0.25, -0.2) is 8.78 Å². The molecule has 17 heavy (non-hydrogen) atoms. The minimum Gasteiger partial charge on any atom is -0.370 e. The van der Waals surface area contributed by atoms with E-state index in [1.165, 1.54) is 6.07 Å². The summed E-state index contributed by atoms with van der Waals surface area (Å²) in [7, 11) is 1.83. The van der Waals surface area contributed by atoms with Gasteiger partial charge >= 0.3 is 0 Å². The molecule has 2 rings (SSSR count). The molecule has 1 aliphatic rings. The van der Waals surface area contributed by atoms with Crippen molar-refractivity contribution in [2.24, 2.45) is 5.73 Å². The van der Waals surface area contributed by atoms with Crippen molar-refractivity contribution < 1.29 is 8.78 Å². The lowest BCUT2D eigenvalue weighted by atomic mass is 10.2. The van der Waals surface area contributed by atoms with Crippen molar-refractivity contribution in [3.8, 4) is 0 Å². The normalized spacial score (nSPS) is 15.8. The highest BCUT2D eigenvalue weighted by Gasteiger charge is 2.22. The van der Waals surface area contributed by atoms with Gasteiger partial charge in [-0.2, -0.15) is 0 Å². The van der Waals surface area contributed by atoms with Crippen LogP contribution in [0.5, 0.6) is 0 Å². The van der Waals surface area contributed by atoms with E-state index in [2.05, 4.69) is 0 Å². The molecule has 0 radical (unpaired) electrons. The molecule has 0 saturated heterocycles. The minimum atomic E-state index is -0.543. The Hall–Kier alpha value is -1.36. The van der Waals surface area contributed by atoms with Crippen LogP contribution < -0.4 is 15.5 Å². The Morgan fingerprint density at radius 2 is 2.06 bits per heavy atom. The molecule has 1 aromatic rings. The first-order valence-corrected chi connectivity index (χ1v) is 5.78. The van der Waals surface area contributed by atoms with Gasteiger partial charge in [0.25, 0.3) is 0 Å². The van der Waals surface area contributed by atoms with Crippen LogP contribution in [0.25, 0.3) is 0 Å². The molecule has 1 heterocycles. The lowest BCUT2D eigenvalue weighted by Gasteiger charge is -2.25. The molecule has 0 unspecified atom stereocenters. The second-order valence-corrected chi connectivity index (χ2v) is 4.31. The van der Waals surface area contributed by atoms with Crippen LogP contribution in [-0.2, 0) is 0 Å². The fourth-order valence-corrected chi connectivity index (χ4v) is 2.29. The van der Waals surface area contributed by atoms with Crippen LogP contribution in [0, 0.1) is 11.6 Å². The predicted octanol–water partition coefficient (Wildman–Crippen LogP) is 1.57. The average molecular weight is 241 g/mol. The quantitative estimate of drug-likeness (QED) is 0.853. The van der Waals surface area contributed by atoms with Crippen LogP contribution in [0.1, 0.15) is 6.42 Å². The zero-order valence-corrected chi connectivity index (χ0v) is 9.92. The fourth-order valence-electron chi connectivity index (χ4n) is 2.29. The number of halogens is 2. The van der Waals surface area contributed by atoms with Gasteiger partial charge in [-0.05, 0) is 12.5 Å². The topological polar surface area (TPSA) is 32.5 Å². The summed E-state index contributed by atoms with van der Waals surface area (Å²) >= 11 is 0. The maximum Gasteiger partial charge on any atom is 0.151 e. The van der Waals surface area contributed by atoms with Crippen LogP contribution in [0.2, 0.25) is 0 Å². The van der Waals surface area contributed by atoms with Crippen LogP contribution in [0.15, 0.2) is 12.1 Å². The fraction of sp³-hybridized carbons (Fsp3) is 0.500. The van der Waals surface area contributed by atoms with E-state index < -0.39 is 11.6 Å². The smallest absolute Gasteiger partial charge is 0.151 e. The van der Waals surface area contributed by atoms with Gasteiger partial charge in [0.15, 0.2) is 5.82 Å². The van der Waals surface area contributed by atoms with Crippen LogP contribution in [0.3, 0.4) is 0 Å². The van der Waals surface area contributed by atoms with E-state index >= 15 is 0 Å². The number of nitrogens with two attached hydrogens (primary N) is 1. The van der Waals surface area contributed by atoms with Crippen molar-refractivity contribution >= 4 is 11.4 Å². The molecule has 1 aliphatic heterocycles. The molecule has 0 atom stereocenters. The maximum absolute atomic E-state index is 13.8. The molecule has 2 N–H and O–H groups in total. The van der Waals surface area contributed by atoms with Crippen molar-refractivity contribution in [1.82, 2.24) is 0 Å². The number of hydrogen-bond acceptors (Lipinski definition) is 3. The second kappa shape index (κ2) is 4.87. The third kappa shape index (κ3) is 2.34. The molecule has 0 bridgehead atoms. The van der Waals surface area contributed by atoms with Gasteiger partial charge in [-0.1, -0.05) is 0 Å². The van der Waals surface area contributed by atoms with Gasteiger partial charge in [0.1, 0.15) is 5.82 Å². The summed E-state index contributed by atoms with van der Waals surface area (Å²) in [6.45, 7) is 2.62. The Labute approximate surface area is 99.8 Å². The molecule has 94 valence electrons. The summed E-state index contributed by atoms with van der Waals surface area (Å²) in [6, 6.07) is 2.32. The standard InChI is InChI=1S/C12H17F2N3/c1-16-4-2-5-17(6-3-15)11-8-9(13)7-10(14)12(11)16/h7-8H,2-6,15H2,1H3. The first kappa shape index (κ1) is 12.1. The summed E-state index contributed by atoms with van der Waals surface area (Å²) in [6.07, 6.45) is 0.909. The molecular weight excluding hydrogens is 224 g/mol. The SMILES string of the molecule is CN1CCCN(CCN)c2cc(F)cc(F)c21. The van der Waals surface area contributed by atoms with Crippen molar-refractivity contribution in [2.45, 2.75) is 6.42 Å². The van der Waals surface area contributed by atoms with E-state index in [4.69, 9.17) is 5.73 Å². The Balaban J connectivity index is 2.50. The third-order valence-electron chi connectivity index (χ3n) is 3.05. The highest BCUT2D eigenvalue weighted by Crippen LogP contribution is 2.34. The van der Waals surface area contributed by atoms with Crippen LogP contribution in [0.4, 0.5) is 20.2 Å². The van der Waals surface area contributed by atoms with E-state index in [9.17, 15) is 8.78 Å². The summed E-state index contributed by atoms with van der Waals surface area (Å²) in [5.74, 6) is -1.05. The monoisotopic (exact) mass is 241 g/mol. The molecule has 0 fully saturated rings. The zero-order valence-electron chi connectivity index (χ0n) is 9.92. The van der Waals surface area contributed by atoms with E-state index in [-0.39, 0.29) is 0 Å². The van der Waals surface area contributed by atoms with Crippen molar-refractivity contribution in [1.29, 1.82) is 0 Å². The van der Waals surface area contributed by atoms with Gasteiger partial charge in [-0.3, -0.25) is 0 Å². The third-order valence-corrected chi connectivity index (χ3v) is 3.05. The zero-order chi connectivity index (χ0) is 12.4. The lowest BCUT2D eigenvalue weighted by molar-refractivity contribution is 0.582. The second-order valence-electron chi connectivity index (χ2n) is 4.31. The van der Waals surface area contributed by atoms with E-state index in [1.54, 1.807) is 0 Å². The number of anilines is 2. The summed E-state index contributed by atoms with van der Waals surface area (Å²) in [4.78, 5) is 3.78. The highest BCUT2D eigenvalue weighted by molar-refractivity contribution is 5.72. The number of nitrogens with zero attached hydrogens (tertiary/aromatic N) is 2. The molecule has 0 spiro atoms. The van der Waals surface area contributed by atoms with Crippen LogP contribution in [-0.4, -0.2) is 33.2 Å². The molecule has 0 amide bonds. The van der Waals surface area contributed by atoms with Crippen molar-refractivity contribution in [3.63, 3.8) is 0 Å². The highest BCUT2D eigenvalue weighted by atomic mass is 19.1.